The number of hydrogen-bond donors (Lipinski definition) is 1. The zero-order valence-electron chi connectivity index (χ0n) is 9.11. The number of carbonyl (C=O) groups excluding carboxylic acids is 1. The Kier molecular flexibility index (Phi) is 4.28. The topological polar surface area (TPSA) is 77.2 Å². The Labute approximate surface area is 91.1 Å². The second-order valence-electron chi connectivity index (χ2n) is 4.49. The van der Waals surface area contributed by atoms with Gasteiger partial charge in [0.05, 0.1) is 11.8 Å². The minimum absolute atomic E-state index is 0.00454. The SMILES string of the molecule is CS(=O)(=O)CCC(N)C(=O)CC1CCC1. The molecule has 1 fully saturated rings. The third kappa shape index (κ3) is 4.75. The summed E-state index contributed by atoms with van der Waals surface area (Å²) in [5.41, 5.74) is 5.64. The minimum atomic E-state index is -3.00. The highest BCUT2D eigenvalue weighted by Gasteiger charge is 2.24. The van der Waals surface area contributed by atoms with Gasteiger partial charge in [0.15, 0.2) is 0 Å². The summed E-state index contributed by atoms with van der Waals surface area (Å²) >= 11 is 0. The van der Waals surface area contributed by atoms with Gasteiger partial charge in [0, 0.05) is 12.7 Å². The van der Waals surface area contributed by atoms with Crippen LogP contribution in [0, 0.1) is 5.92 Å². The smallest absolute Gasteiger partial charge is 0.149 e. The summed E-state index contributed by atoms with van der Waals surface area (Å²) in [5.74, 6) is 0.523. The summed E-state index contributed by atoms with van der Waals surface area (Å²) < 4.78 is 21.8. The number of ketones is 1. The van der Waals surface area contributed by atoms with E-state index in [1.165, 1.54) is 6.42 Å². The molecule has 0 aromatic carbocycles. The fourth-order valence-electron chi connectivity index (χ4n) is 1.63. The molecule has 0 heterocycles. The lowest BCUT2D eigenvalue weighted by Crippen LogP contribution is -2.34. The van der Waals surface area contributed by atoms with Crippen molar-refractivity contribution < 1.29 is 13.2 Å². The predicted octanol–water partition coefficient (Wildman–Crippen LogP) is 0.508. The quantitative estimate of drug-likeness (QED) is 0.725. The highest BCUT2D eigenvalue weighted by Crippen LogP contribution is 2.29. The van der Waals surface area contributed by atoms with Gasteiger partial charge in [-0.05, 0) is 12.3 Å². The van der Waals surface area contributed by atoms with Crippen LogP contribution < -0.4 is 5.73 Å². The van der Waals surface area contributed by atoms with Crippen molar-refractivity contribution in [3.05, 3.63) is 0 Å². The van der Waals surface area contributed by atoms with Gasteiger partial charge in [0.1, 0.15) is 15.6 Å². The Morgan fingerprint density at radius 3 is 2.47 bits per heavy atom. The van der Waals surface area contributed by atoms with Gasteiger partial charge in [-0.15, -0.1) is 0 Å². The first-order valence-corrected chi connectivity index (χ1v) is 7.40. The fraction of sp³-hybridized carbons (Fsp3) is 0.900. The predicted molar refractivity (Wildman–Crippen MR) is 59.3 cm³/mol. The van der Waals surface area contributed by atoms with Crippen LogP contribution in [-0.4, -0.2) is 32.3 Å². The van der Waals surface area contributed by atoms with Crippen LogP contribution in [0.3, 0.4) is 0 Å². The van der Waals surface area contributed by atoms with Crippen LogP contribution in [0.4, 0.5) is 0 Å². The third-order valence-corrected chi connectivity index (χ3v) is 3.91. The van der Waals surface area contributed by atoms with Gasteiger partial charge in [0.25, 0.3) is 0 Å². The lowest BCUT2D eigenvalue weighted by Gasteiger charge is -2.25. The van der Waals surface area contributed by atoms with Crippen molar-refractivity contribution in [2.24, 2.45) is 11.7 Å². The third-order valence-electron chi connectivity index (χ3n) is 2.93. The van der Waals surface area contributed by atoms with Crippen LogP contribution in [0.25, 0.3) is 0 Å². The largest absolute Gasteiger partial charge is 0.321 e. The Bertz CT molecular complexity index is 320. The van der Waals surface area contributed by atoms with Crippen LogP contribution in [0.2, 0.25) is 0 Å². The summed E-state index contributed by atoms with van der Waals surface area (Å²) in [6, 6.07) is -0.597. The average Bonchev–Trinajstić information content (AvgIpc) is 2.05. The molecule has 0 saturated heterocycles. The number of Topliss-reactive ketones (excluding diaryl/α,β-unsaturated/α-hetero) is 1. The van der Waals surface area contributed by atoms with E-state index >= 15 is 0 Å². The van der Waals surface area contributed by atoms with Gasteiger partial charge in [-0.25, -0.2) is 8.42 Å². The molecule has 0 radical (unpaired) electrons. The first-order valence-electron chi connectivity index (χ1n) is 5.34. The molecule has 1 atom stereocenters. The van der Waals surface area contributed by atoms with Gasteiger partial charge >= 0.3 is 0 Å². The van der Waals surface area contributed by atoms with Crippen LogP contribution in [0.1, 0.15) is 32.1 Å². The van der Waals surface area contributed by atoms with Gasteiger partial charge < -0.3 is 5.73 Å². The van der Waals surface area contributed by atoms with E-state index in [1.807, 2.05) is 0 Å². The van der Waals surface area contributed by atoms with Gasteiger partial charge in [-0.2, -0.15) is 0 Å². The van der Waals surface area contributed by atoms with Gasteiger partial charge in [-0.1, -0.05) is 19.3 Å². The van der Waals surface area contributed by atoms with Crippen LogP contribution in [0.5, 0.6) is 0 Å². The van der Waals surface area contributed by atoms with E-state index in [-0.39, 0.29) is 18.0 Å². The summed E-state index contributed by atoms with van der Waals surface area (Å²) in [5, 5.41) is 0. The van der Waals surface area contributed by atoms with Crippen LogP contribution >= 0.6 is 0 Å². The number of rotatable bonds is 6. The normalized spacial score (nSPS) is 19.6. The molecule has 0 bridgehead atoms. The minimum Gasteiger partial charge on any atom is -0.321 e. The highest BCUT2D eigenvalue weighted by atomic mass is 32.2. The molecule has 0 aromatic heterocycles. The number of sulfone groups is 1. The van der Waals surface area contributed by atoms with E-state index in [0.29, 0.717) is 12.3 Å². The fourth-order valence-corrected chi connectivity index (χ4v) is 2.32. The lowest BCUT2D eigenvalue weighted by molar-refractivity contribution is -0.121. The summed E-state index contributed by atoms with van der Waals surface area (Å²) in [6.07, 6.45) is 5.39. The van der Waals surface area contributed by atoms with Crippen molar-refractivity contribution >= 4 is 15.6 Å². The average molecular weight is 233 g/mol. The van der Waals surface area contributed by atoms with Crippen LogP contribution in [-0.2, 0) is 14.6 Å². The zero-order valence-corrected chi connectivity index (χ0v) is 9.92. The van der Waals surface area contributed by atoms with E-state index < -0.39 is 15.9 Å². The molecule has 15 heavy (non-hydrogen) atoms. The maximum absolute atomic E-state index is 11.5. The molecule has 0 aromatic rings. The maximum atomic E-state index is 11.5. The Balaban J connectivity index is 2.26. The second kappa shape index (κ2) is 5.07. The molecule has 0 aliphatic heterocycles. The van der Waals surface area contributed by atoms with Crippen molar-refractivity contribution in [1.29, 1.82) is 0 Å². The zero-order chi connectivity index (χ0) is 11.5. The van der Waals surface area contributed by atoms with Crippen molar-refractivity contribution in [2.75, 3.05) is 12.0 Å². The van der Waals surface area contributed by atoms with E-state index in [0.717, 1.165) is 19.1 Å². The van der Waals surface area contributed by atoms with E-state index in [2.05, 4.69) is 0 Å². The van der Waals surface area contributed by atoms with Gasteiger partial charge in [0.2, 0.25) is 0 Å². The molecule has 0 amide bonds. The Morgan fingerprint density at radius 1 is 1.47 bits per heavy atom. The monoisotopic (exact) mass is 233 g/mol. The first kappa shape index (κ1) is 12.6. The molecule has 5 heteroatoms. The van der Waals surface area contributed by atoms with Gasteiger partial charge in [-0.3, -0.25) is 4.79 Å². The molecule has 1 rings (SSSR count). The van der Waals surface area contributed by atoms with E-state index in [4.69, 9.17) is 5.73 Å². The molecule has 1 saturated carbocycles. The number of carbonyl (C=O) groups is 1. The lowest BCUT2D eigenvalue weighted by atomic mass is 9.81. The molecule has 2 N–H and O–H groups in total. The Hall–Kier alpha value is -0.420. The van der Waals surface area contributed by atoms with Crippen LogP contribution in [0.15, 0.2) is 0 Å². The molecule has 88 valence electrons. The summed E-state index contributed by atoms with van der Waals surface area (Å²) in [4.78, 5) is 11.5. The molecular formula is C10H19NO3S. The van der Waals surface area contributed by atoms with Crippen molar-refractivity contribution in [2.45, 2.75) is 38.1 Å². The summed E-state index contributed by atoms with van der Waals surface area (Å²) in [7, 11) is -3.00. The molecule has 4 nitrogen and oxygen atoms in total. The van der Waals surface area contributed by atoms with Crippen molar-refractivity contribution in [3.8, 4) is 0 Å². The number of hydrogen-bond acceptors (Lipinski definition) is 4. The van der Waals surface area contributed by atoms with E-state index in [9.17, 15) is 13.2 Å². The molecule has 1 aliphatic carbocycles. The van der Waals surface area contributed by atoms with E-state index in [1.54, 1.807) is 0 Å². The first-order chi connectivity index (χ1) is 6.88. The molecule has 1 aliphatic rings. The standard InChI is InChI=1S/C10H19NO3S/c1-15(13,14)6-5-9(11)10(12)7-8-3-2-4-8/h8-9H,2-7,11H2,1H3. The molecule has 0 spiro atoms. The maximum Gasteiger partial charge on any atom is 0.149 e. The number of nitrogens with two attached hydrogens (primary N) is 1. The Morgan fingerprint density at radius 2 is 2.07 bits per heavy atom. The molecule has 1 unspecified atom stereocenters. The van der Waals surface area contributed by atoms with Crippen molar-refractivity contribution in [3.63, 3.8) is 0 Å². The molecular weight excluding hydrogens is 214 g/mol. The summed E-state index contributed by atoms with van der Waals surface area (Å²) in [6.45, 7) is 0. The van der Waals surface area contributed by atoms with Crippen molar-refractivity contribution in [1.82, 2.24) is 0 Å². The second-order valence-corrected chi connectivity index (χ2v) is 6.75. The highest BCUT2D eigenvalue weighted by molar-refractivity contribution is 7.90.